The lowest BCUT2D eigenvalue weighted by molar-refractivity contribution is 0.104. The Kier molecular flexibility index (Phi) is 6.65. The lowest BCUT2D eigenvalue weighted by Gasteiger charge is -2.21. The van der Waals surface area contributed by atoms with E-state index >= 15 is 0 Å². The van der Waals surface area contributed by atoms with Gasteiger partial charge in [-0.15, -0.1) is 0 Å². The monoisotopic (exact) mass is 474 g/mol. The molecule has 0 spiro atoms. The number of fused-ring (bicyclic) bond motifs is 3. The summed E-state index contributed by atoms with van der Waals surface area (Å²) >= 11 is 0. The first-order chi connectivity index (χ1) is 17.6. The van der Waals surface area contributed by atoms with Crippen LogP contribution in [0.15, 0.2) is 84.9 Å². The number of ketones is 1. The Balaban J connectivity index is 1.43. The molecule has 0 atom stereocenters. The number of anilines is 2. The van der Waals surface area contributed by atoms with Crippen molar-refractivity contribution in [3.8, 4) is 33.4 Å². The molecule has 0 saturated heterocycles. The van der Waals surface area contributed by atoms with Gasteiger partial charge >= 0.3 is 0 Å². The number of carbonyl (C=O) groups is 1. The third kappa shape index (κ3) is 4.19. The first-order valence-corrected chi connectivity index (χ1v) is 13.1. The van der Waals surface area contributed by atoms with Gasteiger partial charge in [-0.1, -0.05) is 48.5 Å². The lowest BCUT2D eigenvalue weighted by Crippen LogP contribution is -2.21. The van der Waals surface area contributed by atoms with E-state index in [-0.39, 0.29) is 5.78 Å². The smallest absolute Gasteiger partial charge is 0.194 e. The Hall–Kier alpha value is -3.85. The summed E-state index contributed by atoms with van der Waals surface area (Å²) in [7, 11) is 0. The van der Waals surface area contributed by atoms with Crippen LogP contribution in [0.2, 0.25) is 0 Å². The van der Waals surface area contributed by atoms with Crippen LogP contribution in [0.25, 0.3) is 33.4 Å². The molecule has 0 saturated carbocycles. The van der Waals surface area contributed by atoms with Gasteiger partial charge in [-0.25, -0.2) is 0 Å². The quantitative estimate of drug-likeness (QED) is 0.228. The van der Waals surface area contributed by atoms with Crippen LogP contribution in [0.4, 0.5) is 11.4 Å². The standard InChI is InChI=1S/C33H34N2O/c1-5-34(6-2)27-15-9-23(10-16-27)25-13-19-29-30-20-14-26(22-32(30)33(36)31(29)21-25)24-11-17-28(18-12-24)35(7-3)8-4/h9-22H,5-8H2,1-4H3. The van der Waals surface area contributed by atoms with Crippen LogP contribution in [0.5, 0.6) is 0 Å². The van der Waals surface area contributed by atoms with E-state index in [0.717, 1.165) is 70.7 Å². The molecule has 3 heteroatoms. The summed E-state index contributed by atoms with van der Waals surface area (Å²) in [5.41, 5.74) is 10.5. The van der Waals surface area contributed by atoms with E-state index in [9.17, 15) is 4.79 Å². The average molecular weight is 475 g/mol. The van der Waals surface area contributed by atoms with Gasteiger partial charge in [0.1, 0.15) is 0 Å². The maximum absolute atomic E-state index is 13.5. The summed E-state index contributed by atoms with van der Waals surface area (Å²) in [4.78, 5) is 18.2. The molecule has 5 rings (SSSR count). The summed E-state index contributed by atoms with van der Waals surface area (Å²) in [6.07, 6.45) is 0. The minimum absolute atomic E-state index is 0.114. The molecule has 3 nitrogen and oxygen atoms in total. The van der Waals surface area contributed by atoms with Crippen molar-refractivity contribution in [2.24, 2.45) is 0 Å². The van der Waals surface area contributed by atoms with Crippen molar-refractivity contribution in [3.63, 3.8) is 0 Å². The van der Waals surface area contributed by atoms with Gasteiger partial charge < -0.3 is 9.80 Å². The molecule has 1 aliphatic carbocycles. The molecule has 0 aromatic heterocycles. The van der Waals surface area contributed by atoms with Gasteiger partial charge in [0.05, 0.1) is 0 Å². The Morgan fingerprint density at radius 3 is 1.11 bits per heavy atom. The Morgan fingerprint density at radius 1 is 0.444 bits per heavy atom. The molecule has 4 aromatic rings. The van der Waals surface area contributed by atoms with Crippen LogP contribution >= 0.6 is 0 Å². The summed E-state index contributed by atoms with van der Waals surface area (Å²) in [5.74, 6) is 0.114. The molecule has 182 valence electrons. The molecule has 0 amide bonds. The van der Waals surface area contributed by atoms with Crippen LogP contribution in [0.1, 0.15) is 43.6 Å². The van der Waals surface area contributed by atoms with Crippen molar-refractivity contribution < 1.29 is 4.79 Å². The fraction of sp³-hybridized carbons (Fsp3) is 0.242. The van der Waals surface area contributed by atoms with E-state index in [1.807, 2.05) is 0 Å². The number of nitrogens with zero attached hydrogens (tertiary/aromatic N) is 2. The summed E-state index contributed by atoms with van der Waals surface area (Å²) in [6, 6.07) is 29.9. The topological polar surface area (TPSA) is 23.6 Å². The second-order valence-corrected chi connectivity index (χ2v) is 9.29. The van der Waals surface area contributed by atoms with Gasteiger partial charge in [0.2, 0.25) is 0 Å². The molecule has 1 aliphatic rings. The van der Waals surface area contributed by atoms with E-state index in [1.165, 1.54) is 11.4 Å². The maximum atomic E-state index is 13.5. The minimum Gasteiger partial charge on any atom is -0.372 e. The van der Waals surface area contributed by atoms with E-state index in [2.05, 4.69) is 122 Å². The molecule has 0 heterocycles. The molecular weight excluding hydrogens is 440 g/mol. The molecule has 0 radical (unpaired) electrons. The predicted octanol–water partition coefficient (Wildman–Crippen LogP) is 7.92. The Morgan fingerprint density at radius 2 is 0.778 bits per heavy atom. The number of benzene rings is 4. The van der Waals surface area contributed by atoms with Crippen LogP contribution in [-0.4, -0.2) is 32.0 Å². The van der Waals surface area contributed by atoms with E-state index in [0.29, 0.717) is 0 Å². The molecule has 0 N–H and O–H groups in total. The van der Waals surface area contributed by atoms with Gasteiger partial charge in [-0.2, -0.15) is 0 Å². The van der Waals surface area contributed by atoms with Gasteiger partial charge in [0.15, 0.2) is 5.78 Å². The largest absolute Gasteiger partial charge is 0.372 e. The molecule has 4 aromatic carbocycles. The molecular formula is C33H34N2O. The maximum Gasteiger partial charge on any atom is 0.194 e. The average Bonchev–Trinajstić information content (AvgIpc) is 3.21. The van der Waals surface area contributed by atoms with Crippen LogP contribution in [0, 0.1) is 0 Å². The van der Waals surface area contributed by atoms with E-state index in [4.69, 9.17) is 0 Å². The second-order valence-electron chi connectivity index (χ2n) is 9.29. The van der Waals surface area contributed by atoms with Gasteiger partial charge in [0.25, 0.3) is 0 Å². The van der Waals surface area contributed by atoms with Crippen molar-refractivity contribution in [1.29, 1.82) is 0 Å². The third-order valence-electron chi connectivity index (χ3n) is 7.48. The highest BCUT2D eigenvalue weighted by molar-refractivity contribution is 6.22. The number of hydrogen-bond acceptors (Lipinski definition) is 3. The lowest BCUT2D eigenvalue weighted by atomic mass is 9.98. The molecule has 0 aliphatic heterocycles. The second kappa shape index (κ2) is 10.0. The summed E-state index contributed by atoms with van der Waals surface area (Å²) in [5, 5.41) is 0. The SMILES string of the molecule is CCN(CC)c1ccc(-c2ccc3c(c2)C(=O)c2cc(-c4ccc(N(CC)CC)cc4)ccc2-3)cc1. The Labute approximate surface area is 215 Å². The van der Waals surface area contributed by atoms with Crippen LogP contribution in [-0.2, 0) is 0 Å². The predicted molar refractivity (Wildman–Crippen MR) is 153 cm³/mol. The van der Waals surface area contributed by atoms with Crippen molar-refractivity contribution in [2.75, 3.05) is 36.0 Å². The zero-order chi connectivity index (χ0) is 25.2. The normalized spacial score (nSPS) is 11.8. The molecule has 36 heavy (non-hydrogen) atoms. The van der Waals surface area contributed by atoms with Gasteiger partial charge in [-0.3, -0.25) is 4.79 Å². The fourth-order valence-corrected chi connectivity index (χ4v) is 5.35. The zero-order valence-corrected chi connectivity index (χ0v) is 21.7. The molecule has 0 unspecified atom stereocenters. The van der Waals surface area contributed by atoms with Crippen LogP contribution < -0.4 is 9.80 Å². The van der Waals surface area contributed by atoms with Gasteiger partial charge in [0, 0.05) is 48.7 Å². The molecule has 0 fully saturated rings. The third-order valence-corrected chi connectivity index (χ3v) is 7.48. The highest BCUT2D eigenvalue weighted by Crippen LogP contribution is 2.40. The first kappa shape index (κ1) is 23.9. The van der Waals surface area contributed by atoms with Crippen LogP contribution in [0.3, 0.4) is 0 Å². The Bertz CT molecular complexity index is 1270. The summed E-state index contributed by atoms with van der Waals surface area (Å²) in [6.45, 7) is 12.7. The minimum atomic E-state index is 0.114. The van der Waals surface area contributed by atoms with E-state index < -0.39 is 0 Å². The zero-order valence-electron chi connectivity index (χ0n) is 21.7. The van der Waals surface area contributed by atoms with Crippen molar-refractivity contribution in [1.82, 2.24) is 0 Å². The van der Waals surface area contributed by atoms with Crippen molar-refractivity contribution in [3.05, 3.63) is 96.1 Å². The number of carbonyl (C=O) groups excluding carboxylic acids is 1. The van der Waals surface area contributed by atoms with Crippen molar-refractivity contribution >= 4 is 17.2 Å². The van der Waals surface area contributed by atoms with Crippen molar-refractivity contribution in [2.45, 2.75) is 27.7 Å². The fourth-order valence-electron chi connectivity index (χ4n) is 5.35. The first-order valence-electron chi connectivity index (χ1n) is 13.1. The highest BCUT2D eigenvalue weighted by atomic mass is 16.1. The number of hydrogen-bond donors (Lipinski definition) is 0. The van der Waals surface area contributed by atoms with Gasteiger partial charge in [-0.05, 0) is 97.5 Å². The van der Waals surface area contributed by atoms with E-state index in [1.54, 1.807) is 0 Å². The highest BCUT2D eigenvalue weighted by Gasteiger charge is 2.27. The number of rotatable bonds is 8. The summed E-state index contributed by atoms with van der Waals surface area (Å²) < 4.78 is 0. The molecule has 0 bridgehead atoms.